The summed E-state index contributed by atoms with van der Waals surface area (Å²) in [6.45, 7) is 2.99. The van der Waals surface area contributed by atoms with Crippen molar-refractivity contribution >= 4 is 40.3 Å². The molecule has 0 radical (unpaired) electrons. The van der Waals surface area contributed by atoms with E-state index in [-0.39, 0.29) is 24.8 Å². The second kappa shape index (κ2) is 12.9. The summed E-state index contributed by atoms with van der Waals surface area (Å²) in [7, 11) is 1.71. The number of aromatic nitrogens is 2. The molecule has 2 atom stereocenters. The minimum Gasteiger partial charge on any atom is -0.385 e. The van der Waals surface area contributed by atoms with Crippen LogP contribution in [0.3, 0.4) is 0 Å². The molecule has 0 saturated carbocycles. The first-order chi connectivity index (χ1) is 18.0. The summed E-state index contributed by atoms with van der Waals surface area (Å²) in [5.41, 5.74) is 8.80. The Morgan fingerprint density at radius 3 is 2.81 bits per heavy atom. The van der Waals surface area contributed by atoms with Crippen LogP contribution in [0, 0.1) is 0 Å². The normalized spacial score (nSPS) is 16.5. The standard InChI is InChI=1S/C27H35ClN6O3/c1-37-15-7-14-34-24-12-5-4-11-23(24)31-26(34)19-8-6-13-33(18-19)25(35)16-20(29)17-30-27(36)32-22-10-3-2-9-21(22)28/h2-5,9-12,19-20H,6-8,13-18,29H2,1H3,(H2,30,32,36)/t19-,20-/m1/s1. The van der Waals surface area contributed by atoms with Gasteiger partial charge in [-0.25, -0.2) is 9.78 Å². The number of imidazole rings is 1. The smallest absolute Gasteiger partial charge is 0.319 e. The van der Waals surface area contributed by atoms with E-state index in [0.29, 0.717) is 30.4 Å². The molecule has 1 fully saturated rings. The molecule has 0 spiro atoms. The van der Waals surface area contributed by atoms with Crippen LogP contribution < -0.4 is 16.4 Å². The maximum atomic E-state index is 13.1. The van der Waals surface area contributed by atoms with Crippen molar-refractivity contribution in [1.29, 1.82) is 0 Å². The van der Waals surface area contributed by atoms with Crippen molar-refractivity contribution in [3.8, 4) is 0 Å². The monoisotopic (exact) mass is 526 g/mol. The predicted octanol–water partition coefficient (Wildman–Crippen LogP) is 3.97. The number of hydrogen-bond donors (Lipinski definition) is 3. The van der Waals surface area contributed by atoms with Gasteiger partial charge in [-0.15, -0.1) is 0 Å². The molecule has 1 aromatic heterocycles. The zero-order valence-electron chi connectivity index (χ0n) is 21.2. The molecule has 4 N–H and O–H groups in total. The van der Waals surface area contributed by atoms with Crippen molar-refractivity contribution in [3.05, 3.63) is 59.4 Å². The Kier molecular flexibility index (Phi) is 9.38. The van der Waals surface area contributed by atoms with Crippen LogP contribution in [0.2, 0.25) is 5.02 Å². The van der Waals surface area contributed by atoms with Gasteiger partial charge in [0, 0.05) is 58.3 Å². The van der Waals surface area contributed by atoms with Gasteiger partial charge in [-0.3, -0.25) is 4.79 Å². The van der Waals surface area contributed by atoms with Gasteiger partial charge in [0.25, 0.3) is 0 Å². The summed E-state index contributed by atoms with van der Waals surface area (Å²) < 4.78 is 7.54. The molecule has 3 aromatic rings. The van der Waals surface area contributed by atoms with E-state index in [9.17, 15) is 9.59 Å². The van der Waals surface area contributed by atoms with Gasteiger partial charge in [-0.05, 0) is 43.5 Å². The number of hydrogen-bond acceptors (Lipinski definition) is 5. The number of anilines is 1. The average molecular weight is 527 g/mol. The van der Waals surface area contributed by atoms with E-state index in [1.54, 1.807) is 31.4 Å². The lowest BCUT2D eigenvalue weighted by Gasteiger charge is -2.33. The molecule has 198 valence electrons. The van der Waals surface area contributed by atoms with Crippen LogP contribution in [0.5, 0.6) is 0 Å². The average Bonchev–Trinajstić information content (AvgIpc) is 3.28. The molecule has 1 aliphatic heterocycles. The highest BCUT2D eigenvalue weighted by atomic mass is 35.5. The van der Waals surface area contributed by atoms with Crippen LogP contribution in [-0.4, -0.2) is 65.8 Å². The Balaban J connectivity index is 1.33. The number of aryl methyl sites for hydroxylation is 1. The Morgan fingerprint density at radius 2 is 2.00 bits per heavy atom. The molecule has 0 unspecified atom stereocenters. The van der Waals surface area contributed by atoms with Crippen molar-refractivity contribution < 1.29 is 14.3 Å². The fraction of sp³-hybridized carbons (Fsp3) is 0.444. The molecule has 0 bridgehead atoms. The Hall–Kier alpha value is -3.14. The zero-order chi connectivity index (χ0) is 26.2. The summed E-state index contributed by atoms with van der Waals surface area (Å²) in [6, 6.07) is 14.2. The van der Waals surface area contributed by atoms with Crippen LogP contribution in [-0.2, 0) is 16.1 Å². The summed E-state index contributed by atoms with van der Waals surface area (Å²) in [6.07, 6.45) is 2.94. The number of para-hydroxylation sites is 3. The first-order valence-corrected chi connectivity index (χ1v) is 13.1. The van der Waals surface area contributed by atoms with Crippen molar-refractivity contribution in [1.82, 2.24) is 19.8 Å². The number of carbonyl (C=O) groups is 2. The van der Waals surface area contributed by atoms with Gasteiger partial charge in [0.2, 0.25) is 5.91 Å². The third kappa shape index (κ3) is 7.00. The maximum absolute atomic E-state index is 13.1. The number of nitrogens with one attached hydrogen (secondary N) is 2. The van der Waals surface area contributed by atoms with Gasteiger partial charge >= 0.3 is 6.03 Å². The van der Waals surface area contributed by atoms with E-state index >= 15 is 0 Å². The minimum absolute atomic E-state index is 0.00689. The predicted molar refractivity (Wildman–Crippen MR) is 146 cm³/mol. The van der Waals surface area contributed by atoms with E-state index in [1.807, 2.05) is 23.1 Å². The van der Waals surface area contributed by atoms with Gasteiger partial charge in [-0.2, -0.15) is 0 Å². The highest BCUT2D eigenvalue weighted by molar-refractivity contribution is 6.33. The van der Waals surface area contributed by atoms with E-state index < -0.39 is 12.1 Å². The third-order valence-electron chi connectivity index (χ3n) is 6.64. The van der Waals surface area contributed by atoms with E-state index in [2.05, 4.69) is 21.3 Å². The Labute approximate surface area is 222 Å². The van der Waals surface area contributed by atoms with Crippen molar-refractivity contribution in [2.24, 2.45) is 5.73 Å². The number of halogens is 1. The number of urea groups is 1. The Morgan fingerprint density at radius 1 is 1.22 bits per heavy atom. The first-order valence-electron chi connectivity index (χ1n) is 12.7. The summed E-state index contributed by atoms with van der Waals surface area (Å²) in [4.78, 5) is 32.1. The second-order valence-electron chi connectivity index (χ2n) is 9.41. The highest BCUT2D eigenvalue weighted by Gasteiger charge is 2.29. The summed E-state index contributed by atoms with van der Waals surface area (Å²) in [5.74, 6) is 1.17. The van der Waals surface area contributed by atoms with Crippen LogP contribution in [0.4, 0.5) is 10.5 Å². The van der Waals surface area contributed by atoms with Crippen LogP contribution >= 0.6 is 11.6 Å². The number of amides is 3. The van der Waals surface area contributed by atoms with Gasteiger partial charge < -0.3 is 30.6 Å². The fourth-order valence-corrected chi connectivity index (χ4v) is 4.98. The summed E-state index contributed by atoms with van der Waals surface area (Å²) in [5, 5.41) is 5.86. The lowest BCUT2D eigenvalue weighted by molar-refractivity contribution is -0.132. The van der Waals surface area contributed by atoms with Crippen LogP contribution in [0.15, 0.2) is 48.5 Å². The highest BCUT2D eigenvalue weighted by Crippen LogP contribution is 2.30. The molecule has 2 aromatic carbocycles. The molecule has 4 rings (SSSR count). The van der Waals surface area contributed by atoms with Crippen molar-refractivity contribution in [2.75, 3.05) is 38.7 Å². The van der Waals surface area contributed by atoms with Crippen LogP contribution in [0.25, 0.3) is 11.0 Å². The molecule has 10 heteroatoms. The number of rotatable bonds is 10. The lowest BCUT2D eigenvalue weighted by Crippen LogP contribution is -2.45. The molecule has 9 nitrogen and oxygen atoms in total. The van der Waals surface area contributed by atoms with Gasteiger partial charge in [0.05, 0.1) is 21.7 Å². The number of fused-ring (bicyclic) bond motifs is 1. The quantitative estimate of drug-likeness (QED) is 0.346. The second-order valence-corrected chi connectivity index (χ2v) is 9.82. The largest absolute Gasteiger partial charge is 0.385 e. The molecule has 1 aliphatic rings. The molecular weight excluding hydrogens is 492 g/mol. The van der Waals surface area contributed by atoms with Crippen molar-refractivity contribution in [2.45, 2.75) is 44.2 Å². The summed E-state index contributed by atoms with van der Waals surface area (Å²) >= 11 is 6.08. The number of piperidine rings is 1. The number of ether oxygens (including phenoxy) is 1. The molecule has 3 amide bonds. The number of nitrogens with zero attached hydrogens (tertiary/aromatic N) is 3. The maximum Gasteiger partial charge on any atom is 0.319 e. The first kappa shape index (κ1) is 26.9. The van der Waals surface area contributed by atoms with E-state index in [1.165, 1.54) is 0 Å². The molecule has 1 saturated heterocycles. The Bertz CT molecular complexity index is 1220. The molecule has 2 heterocycles. The number of methoxy groups -OCH3 is 1. The number of carbonyl (C=O) groups excluding carboxylic acids is 2. The number of nitrogens with two attached hydrogens (primary N) is 1. The molecule has 0 aliphatic carbocycles. The van der Waals surface area contributed by atoms with Gasteiger partial charge in [-0.1, -0.05) is 35.9 Å². The van der Waals surface area contributed by atoms with Gasteiger partial charge in [0.1, 0.15) is 5.82 Å². The van der Waals surface area contributed by atoms with E-state index in [4.69, 9.17) is 27.1 Å². The topological polar surface area (TPSA) is 115 Å². The fourth-order valence-electron chi connectivity index (χ4n) is 4.80. The molecule has 37 heavy (non-hydrogen) atoms. The zero-order valence-corrected chi connectivity index (χ0v) is 21.9. The third-order valence-corrected chi connectivity index (χ3v) is 6.97. The van der Waals surface area contributed by atoms with Crippen molar-refractivity contribution in [3.63, 3.8) is 0 Å². The number of likely N-dealkylation sites (tertiary alicyclic amines) is 1. The van der Waals surface area contributed by atoms with Gasteiger partial charge in [0.15, 0.2) is 0 Å². The number of benzene rings is 2. The van der Waals surface area contributed by atoms with E-state index in [0.717, 1.165) is 42.7 Å². The minimum atomic E-state index is -0.497. The molecular formula is C27H35ClN6O3. The van der Waals surface area contributed by atoms with Crippen LogP contribution in [0.1, 0.15) is 37.4 Å². The SMILES string of the molecule is COCCCn1c([C@@H]2CCCN(C(=O)C[C@@H](N)CNC(=O)Nc3ccccc3Cl)C2)nc2ccccc21. The lowest BCUT2D eigenvalue weighted by atomic mass is 9.96.